The highest BCUT2D eigenvalue weighted by Gasteiger charge is 2.14. The number of aliphatic hydroxyl groups excluding tert-OH is 1. The van der Waals surface area contributed by atoms with Crippen molar-refractivity contribution in [3.63, 3.8) is 0 Å². The van der Waals surface area contributed by atoms with Gasteiger partial charge in [0.15, 0.2) is 0 Å². The number of carbonyl (C=O) groups is 1. The molecule has 0 spiro atoms. The fourth-order valence-corrected chi connectivity index (χ4v) is 3.77. The monoisotopic (exact) mass is 510 g/mol. The highest BCUT2D eigenvalue weighted by Crippen LogP contribution is 2.29. The van der Waals surface area contributed by atoms with Crippen molar-refractivity contribution in [3.05, 3.63) is 114 Å². The minimum absolute atomic E-state index is 0. The number of hydrogen-bond acceptors (Lipinski definition) is 4. The minimum atomic E-state index is -0.970. The van der Waals surface area contributed by atoms with E-state index in [-0.39, 0.29) is 30.4 Å². The zero-order chi connectivity index (χ0) is 23.0. The lowest BCUT2D eigenvalue weighted by atomic mass is 9.96. The van der Waals surface area contributed by atoms with E-state index in [9.17, 15) is 15.0 Å². The summed E-state index contributed by atoms with van der Waals surface area (Å²) in [4.78, 5) is 16.0. The molecule has 0 aliphatic heterocycles. The van der Waals surface area contributed by atoms with Crippen LogP contribution in [0.1, 0.15) is 27.6 Å². The Hall–Kier alpha value is -3.22. The largest absolute Gasteiger partial charge is 0.478 e. The van der Waals surface area contributed by atoms with Gasteiger partial charge in [-0.2, -0.15) is 0 Å². The molecule has 1 heterocycles. The van der Waals surface area contributed by atoms with Crippen molar-refractivity contribution in [1.29, 1.82) is 0 Å². The van der Waals surface area contributed by atoms with Crippen LogP contribution in [0.4, 0.5) is 0 Å². The van der Waals surface area contributed by atoms with Crippen molar-refractivity contribution in [2.75, 3.05) is 13.1 Å². The van der Waals surface area contributed by atoms with Crippen LogP contribution in [-0.4, -0.2) is 34.3 Å². The van der Waals surface area contributed by atoms with E-state index >= 15 is 0 Å². The maximum absolute atomic E-state index is 11.7. The van der Waals surface area contributed by atoms with Gasteiger partial charge in [-0.1, -0.05) is 66.7 Å². The van der Waals surface area contributed by atoms with E-state index in [1.807, 2.05) is 72.8 Å². The number of aromatic nitrogens is 1. The summed E-state index contributed by atoms with van der Waals surface area (Å²) in [6.07, 6.45) is 1.99. The molecule has 0 aliphatic rings. The van der Waals surface area contributed by atoms with Gasteiger partial charge in [-0.05, 0) is 59.5 Å². The molecule has 0 aliphatic carbocycles. The van der Waals surface area contributed by atoms with E-state index < -0.39 is 12.1 Å². The van der Waals surface area contributed by atoms with Gasteiger partial charge >= 0.3 is 5.97 Å². The lowest BCUT2D eigenvalue weighted by molar-refractivity contribution is 0.0697. The van der Waals surface area contributed by atoms with Crippen molar-refractivity contribution >= 4 is 30.8 Å². The van der Waals surface area contributed by atoms with E-state index in [0.29, 0.717) is 17.8 Å². The van der Waals surface area contributed by atoms with E-state index in [0.717, 1.165) is 29.7 Å². The quantitative estimate of drug-likeness (QED) is 0.247. The zero-order valence-electron chi connectivity index (χ0n) is 19.0. The number of carboxylic acids is 1. The van der Waals surface area contributed by atoms with Crippen LogP contribution in [0.25, 0.3) is 22.4 Å². The topological polar surface area (TPSA) is 82.5 Å². The second kappa shape index (κ2) is 13.6. The Bertz CT molecular complexity index is 1200. The molecule has 0 saturated heterocycles. The predicted molar refractivity (Wildman–Crippen MR) is 145 cm³/mol. The second-order valence-electron chi connectivity index (χ2n) is 7.86. The van der Waals surface area contributed by atoms with E-state index in [4.69, 9.17) is 0 Å². The Labute approximate surface area is 217 Å². The molecule has 3 N–H and O–H groups in total. The molecular formula is C28H28Cl2N2O3. The summed E-state index contributed by atoms with van der Waals surface area (Å²) in [6, 6.07) is 28.7. The number of halogens is 2. The molecule has 4 rings (SSSR count). The molecule has 0 saturated carbocycles. The Kier molecular flexibility index (Phi) is 10.9. The number of aromatic carboxylic acids is 1. The van der Waals surface area contributed by atoms with Gasteiger partial charge in [-0.3, -0.25) is 4.98 Å². The zero-order valence-corrected chi connectivity index (χ0v) is 20.6. The average Bonchev–Trinajstić information content (AvgIpc) is 2.87. The number of rotatable bonds is 9. The van der Waals surface area contributed by atoms with E-state index in [2.05, 4.69) is 22.4 Å². The summed E-state index contributed by atoms with van der Waals surface area (Å²) >= 11 is 0. The van der Waals surface area contributed by atoms with Crippen LogP contribution in [0.3, 0.4) is 0 Å². The van der Waals surface area contributed by atoms with Gasteiger partial charge in [0.05, 0.1) is 17.4 Å². The fourth-order valence-electron chi connectivity index (χ4n) is 3.77. The Balaban J connectivity index is 0.00000216. The fraction of sp³-hybridized carbons (Fsp3) is 0.143. The molecule has 4 aromatic rings. The summed E-state index contributed by atoms with van der Waals surface area (Å²) < 4.78 is 0. The standard InChI is InChI=1S/C28H26N2O3.2ClH/c31-27(22-6-2-1-3-7-22)19-29-17-15-20-9-11-21(12-10-20)23-13-14-24(28(32)33)25(18-23)26-8-4-5-16-30-26;;/h1-14,16,18,27,29,31H,15,17,19H2,(H,32,33);2*1H/t27-;;/m1../s1. The smallest absolute Gasteiger partial charge is 0.336 e. The number of hydrogen-bond donors (Lipinski definition) is 3. The Morgan fingerprint density at radius 3 is 2.20 bits per heavy atom. The van der Waals surface area contributed by atoms with Crippen LogP contribution in [0.5, 0.6) is 0 Å². The molecule has 0 amide bonds. The minimum Gasteiger partial charge on any atom is -0.478 e. The maximum atomic E-state index is 11.7. The van der Waals surface area contributed by atoms with Crippen LogP contribution in [0.15, 0.2) is 97.2 Å². The average molecular weight is 511 g/mol. The van der Waals surface area contributed by atoms with Crippen molar-refractivity contribution in [1.82, 2.24) is 10.3 Å². The molecule has 0 bridgehead atoms. The first kappa shape index (κ1) is 28.0. The highest BCUT2D eigenvalue weighted by molar-refractivity contribution is 5.96. The number of pyridine rings is 1. The van der Waals surface area contributed by atoms with E-state index in [1.54, 1.807) is 12.3 Å². The van der Waals surface area contributed by atoms with Crippen molar-refractivity contribution in [2.45, 2.75) is 12.5 Å². The van der Waals surface area contributed by atoms with Crippen LogP contribution in [0.2, 0.25) is 0 Å². The maximum Gasteiger partial charge on any atom is 0.336 e. The molecule has 1 atom stereocenters. The number of aliphatic hydroxyl groups is 1. The number of nitrogens with zero attached hydrogens (tertiary/aromatic N) is 1. The molecule has 0 radical (unpaired) electrons. The molecule has 7 heteroatoms. The summed E-state index contributed by atoms with van der Waals surface area (Å²) in [5.74, 6) is -0.970. The van der Waals surface area contributed by atoms with E-state index in [1.165, 1.54) is 5.56 Å². The summed E-state index contributed by atoms with van der Waals surface area (Å²) in [5.41, 5.74) is 5.53. The summed E-state index contributed by atoms with van der Waals surface area (Å²) in [5, 5.41) is 23.1. The number of carboxylic acid groups (broad SMARTS) is 1. The molecule has 0 fully saturated rings. The van der Waals surface area contributed by atoms with Crippen molar-refractivity contribution in [3.8, 4) is 22.4 Å². The summed E-state index contributed by atoms with van der Waals surface area (Å²) in [6.45, 7) is 1.27. The molecule has 182 valence electrons. The van der Waals surface area contributed by atoms with Gasteiger partial charge < -0.3 is 15.5 Å². The van der Waals surface area contributed by atoms with Crippen molar-refractivity contribution < 1.29 is 15.0 Å². The molecule has 5 nitrogen and oxygen atoms in total. The van der Waals surface area contributed by atoms with Gasteiger partial charge in [0.25, 0.3) is 0 Å². The molecule has 1 aromatic heterocycles. The summed E-state index contributed by atoms with van der Waals surface area (Å²) in [7, 11) is 0. The second-order valence-corrected chi connectivity index (χ2v) is 7.86. The third kappa shape index (κ3) is 7.38. The van der Waals surface area contributed by atoms with Gasteiger partial charge in [0.2, 0.25) is 0 Å². The SMILES string of the molecule is Cl.Cl.O=C(O)c1ccc(-c2ccc(CCNC[C@@H](O)c3ccccc3)cc2)cc1-c1ccccn1. The normalized spacial score (nSPS) is 11.1. The van der Waals surface area contributed by atoms with Crippen LogP contribution < -0.4 is 5.32 Å². The lowest BCUT2D eigenvalue weighted by Crippen LogP contribution is -2.23. The molecule has 35 heavy (non-hydrogen) atoms. The number of benzene rings is 3. The van der Waals surface area contributed by atoms with Crippen molar-refractivity contribution in [2.24, 2.45) is 0 Å². The molecular weight excluding hydrogens is 483 g/mol. The van der Waals surface area contributed by atoms with Gasteiger partial charge in [0, 0.05) is 18.3 Å². The Morgan fingerprint density at radius 1 is 0.857 bits per heavy atom. The van der Waals surface area contributed by atoms with Crippen LogP contribution in [-0.2, 0) is 6.42 Å². The predicted octanol–water partition coefficient (Wildman–Crippen LogP) is 5.82. The first-order chi connectivity index (χ1) is 16.1. The van der Waals surface area contributed by atoms with Gasteiger partial charge in [-0.15, -0.1) is 24.8 Å². The third-order valence-corrected chi connectivity index (χ3v) is 5.59. The van der Waals surface area contributed by atoms with Gasteiger partial charge in [0.1, 0.15) is 0 Å². The molecule has 3 aromatic carbocycles. The van der Waals surface area contributed by atoms with Crippen LogP contribution in [0, 0.1) is 0 Å². The third-order valence-electron chi connectivity index (χ3n) is 5.59. The highest BCUT2D eigenvalue weighted by atomic mass is 35.5. The lowest BCUT2D eigenvalue weighted by Gasteiger charge is -2.12. The first-order valence-corrected chi connectivity index (χ1v) is 10.9. The van der Waals surface area contributed by atoms with Gasteiger partial charge in [-0.25, -0.2) is 4.79 Å². The first-order valence-electron chi connectivity index (χ1n) is 10.9. The Morgan fingerprint density at radius 2 is 1.54 bits per heavy atom. The molecule has 0 unspecified atom stereocenters. The number of nitrogens with one attached hydrogen (secondary N) is 1. The van der Waals surface area contributed by atoms with Crippen LogP contribution >= 0.6 is 24.8 Å².